The van der Waals surface area contributed by atoms with Crippen LogP contribution in [0.25, 0.3) is 0 Å². The molecule has 0 aliphatic heterocycles. The highest BCUT2D eigenvalue weighted by molar-refractivity contribution is 5.89. The number of rotatable bonds is 15. The quantitative estimate of drug-likeness (QED) is 0.269. The third kappa shape index (κ3) is 10.5. The highest BCUT2D eigenvalue weighted by Gasteiger charge is 2.15. The van der Waals surface area contributed by atoms with Crippen LogP contribution >= 0.6 is 0 Å². The zero-order valence-electron chi connectivity index (χ0n) is 16.8. The van der Waals surface area contributed by atoms with Crippen LogP contribution in [-0.2, 0) is 4.74 Å². The lowest BCUT2D eigenvalue weighted by Crippen LogP contribution is -2.18. The molecule has 0 aromatic heterocycles. The van der Waals surface area contributed by atoms with Gasteiger partial charge < -0.3 is 9.84 Å². The van der Waals surface area contributed by atoms with Crippen molar-refractivity contribution in [3.8, 4) is 5.75 Å². The van der Waals surface area contributed by atoms with Gasteiger partial charge in [0, 0.05) is 0 Å². The lowest BCUT2D eigenvalue weighted by molar-refractivity contribution is 0.0249. The van der Waals surface area contributed by atoms with E-state index in [-0.39, 0.29) is 17.8 Å². The van der Waals surface area contributed by atoms with Crippen molar-refractivity contribution in [1.82, 2.24) is 0 Å². The first kappa shape index (κ1) is 22.5. The molecular weight excluding hydrogens is 324 g/mol. The Kier molecular flexibility index (Phi) is 12.7. The van der Waals surface area contributed by atoms with Gasteiger partial charge in [0.1, 0.15) is 11.9 Å². The summed E-state index contributed by atoms with van der Waals surface area (Å²) in [5.41, 5.74) is 0.515. The minimum atomic E-state index is -0.270. The van der Waals surface area contributed by atoms with Crippen molar-refractivity contribution in [2.75, 3.05) is 0 Å². The number of unbranched alkanes of at least 4 members (excludes halogenated alkanes) is 9. The van der Waals surface area contributed by atoms with E-state index in [0.29, 0.717) is 5.56 Å². The Labute approximate surface area is 160 Å². The number of hydrogen-bond acceptors (Lipinski definition) is 3. The third-order valence-corrected chi connectivity index (χ3v) is 4.89. The van der Waals surface area contributed by atoms with Crippen molar-refractivity contribution in [1.29, 1.82) is 0 Å². The predicted molar refractivity (Wildman–Crippen MR) is 109 cm³/mol. The average molecular weight is 363 g/mol. The molecule has 0 bridgehead atoms. The molecule has 1 unspecified atom stereocenters. The average Bonchev–Trinajstić information content (AvgIpc) is 2.64. The number of carbonyl (C=O) groups is 1. The van der Waals surface area contributed by atoms with E-state index in [1.165, 1.54) is 69.9 Å². The highest BCUT2D eigenvalue weighted by atomic mass is 16.5. The molecule has 26 heavy (non-hydrogen) atoms. The Morgan fingerprint density at radius 3 is 1.81 bits per heavy atom. The summed E-state index contributed by atoms with van der Waals surface area (Å²) in [5, 5.41) is 9.36. The van der Waals surface area contributed by atoms with Gasteiger partial charge in [-0.15, -0.1) is 0 Å². The van der Waals surface area contributed by atoms with Crippen LogP contribution in [0.5, 0.6) is 5.75 Å². The zero-order chi connectivity index (χ0) is 19.0. The maximum absolute atomic E-state index is 12.4. The van der Waals surface area contributed by atoms with E-state index >= 15 is 0 Å². The van der Waals surface area contributed by atoms with E-state index < -0.39 is 0 Å². The Bertz CT molecular complexity index is 467. The molecule has 0 aliphatic rings. The first-order valence-corrected chi connectivity index (χ1v) is 10.7. The maximum atomic E-state index is 12.4. The molecule has 0 fully saturated rings. The molecule has 3 nitrogen and oxygen atoms in total. The number of phenolic OH excluding ortho intramolecular Hbond substituents is 1. The second-order valence-corrected chi connectivity index (χ2v) is 7.33. The van der Waals surface area contributed by atoms with Crippen LogP contribution in [0.4, 0.5) is 0 Å². The fourth-order valence-corrected chi connectivity index (χ4v) is 3.21. The van der Waals surface area contributed by atoms with Crippen LogP contribution in [-0.4, -0.2) is 17.2 Å². The Morgan fingerprint density at radius 1 is 0.808 bits per heavy atom. The van der Waals surface area contributed by atoms with E-state index in [4.69, 9.17) is 4.74 Å². The Hall–Kier alpha value is -1.51. The molecule has 0 saturated heterocycles. The van der Waals surface area contributed by atoms with Gasteiger partial charge in [0.15, 0.2) is 0 Å². The number of benzene rings is 1. The largest absolute Gasteiger partial charge is 0.508 e. The van der Waals surface area contributed by atoms with Crippen molar-refractivity contribution in [2.24, 2.45) is 0 Å². The van der Waals surface area contributed by atoms with Crippen LogP contribution in [0.1, 0.15) is 108 Å². The predicted octanol–water partition coefficient (Wildman–Crippen LogP) is 7.03. The number of carbonyl (C=O) groups excluding carboxylic acids is 1. The molecule has 1 atom stereocenters. The summed E-state index contributed by atoms with van der Waals surface area (Å²) in [5.74, 6) is -0.103. The second-order valence-electron chi connectivity index (χ2n) is 7.33. The van der Waals surface area contributed by atoms with Crippen LogP contribution in [0, 0.1) is 0 Å². The van der Waals surface area contributed by atoms with Crippen molar-refractivity contribution >= 4 is 5.97 Å². The summed E-state index contributed by atoms with van der Waals surface area (Å²) < 4.78 is 5.78. The number of ether oxygens (including phenoxy) is 1. The molecular formula is C23H38O3. The number of phenols is 1. The minimum Gasteiger partial charge on any atom is -0.508 e. The van der Waals surface area contributed by atoms with Gasteiger partial charge in [-0.05, 0) is 49.9 Å². The molecule has 0 radical (unpaired) electrons. The summed E-state index contributed by atoms with van der Waals surface area (Å²) in [4.78, 5) is 12.4. The van der Waals surface area contributed by atoms with Gasteiger partial charge in [-0.25, -0.2) is 4.79 Å². The van der Waals surface area contributed by atoms with Crippen LogP contribution in [0.15, 0.2) is 24.3 Å². The topological polar surface area (TPSA) is 46.5 Å². The molecule has 1 rings (SSSR count). The molecule has 1 aromatic carbocycles. The van der Waals surface area contributed by atoms with E-state index in [1.54, 1.807) is 12.1 Å². The molecule has 0 heterocycles. The third-order valence-electron chi connectivity index (χ3n) is 4.89. The van der Waals surface area contributed by atoms with E-state index in [9.17, 15) is 9.90 Å². The fourth-order valence-electron chi connectivity index (χ4n) is 3.21. The summed E-state index contributed by atoms with van der Waals surface area (Å²) >= 11 is 0. The maximum Gasteiger partial charge on any atom is 0.338 e. The zero-order valence-corrected chi connectivity index (χ0v) is 16.8. The van der Waals surface area contributed by atoms with Gasteiger partial charge in [-0.3, -0.25) is 0 Å². The first-order chi connectivity index (χ1) is 12.7. The molecule has 1 aromatic rings. The molecule has 0 spiro atoms. The normalized spacial score (nSPS) is 12.1. The van der Waals surface area contributed by atoms with Gasteiger partial charge >= 0.3 is 5.97 Å². The highest BCUT2D eigenvalue weighted by Crippen LogP contribution is 2.19. The standard InChI is InChI=1S/C23H38O3/c1-3-5-7-9-10-11-13-15-22(14-12-8-6-4-2)26-23(25)20-16-18-21(24)19-17-20/h16-19,22,24H,3-15H2,1-2H3. The molecule has 1 N–H and O–H groups in total. The van der Waals surface area contributed by atoms with E-state index in [0.717, 1.165) is 25.7 Å². The van der Waals surface area contributed by atoms with Crippen LogP contribution in [0.3, 0.4) is 0 Å². The summed E-state index contributed by atoms with van der Waals surface area (Å²) in [6, 6.07) is 6.31. The lowest BCUT2D eigenvalue weighted by Gasteiger charge is -2.18. The Morgan fingerprint density at radius 2 is 1.27 bits per heavy atom. The van der Waals surface area contributed by atoms with Crippen molar-refractivity contribution in [2.45, 2.75) is 103 Å². The molecule has 0 saturated carbocycles. The van der Waals surface area contributed by atoms with Crippen LogP contribution < -0.4 is 0 Å². The van der Waals surface area contributed by atoms with Gasteiger partial charge in [0.05, 0.1) is 5.56 Å². The van der Waals surface area contributed by atoms with Gasteiger partial charge in [0.25, 0.3) is 0 Å². The number of esters is 1. The van der Waals surface area contributed by atoms with Gasteiger partial charge in [-0.2, -0.15) is 0 Å². The number of hydrogen-bond donors (Lipinski definition) is 1. The fraction of sp³-hybridized carbons (Fsp3) is 0.696. The lowest BCUT2D eigenvalue weighted by atomic mass is 10.0. The van der Waals surface area contributed by atoms with Gasteiger partial charge in [0.2, 0.25) is 0 Å². The van der Waals surface area contributed by atoms with Crippen LogP contribution in [0.2, 0.25) is 0 Å². The SMILES string of the molecule is CCCCCCCCCC(CCCCCC)OC(=O)c1ccc(O)cc1. The monoisotopic (exact) mass is 362 g/mol. The van der Waals surface area contributed by atoms with E-state index in [2.05, 4.69) is 13.8 Å². The number of aromatic hydroxyl groups is 1. The molecule has 0 amide bonds. The molecule has 3 heteroatoms. The van der Waals surface area contributed by atoms with Crippen molar-refractivity contribution in [3.63, 3.8) is 0 Å². The molecule has 148 valence electrons. The Balaban J connectivity index is 2.39. The molecule has 0 aliphatic carbocycles. The van der Waals surface area contributed by atoms with Gasteiger partial charge in [-0.1, -0.05) is 71.6 Å². The first-order valence-electron chi connectivity index (χ1n) is 10.7. The summed E-state index contributed by atoms with van der Waals surface area (Å²) in [6.45, 7) is 4.45. The smallest absolute Gasteiger partial charge is 0.338 e. The van der Waals surface area contributed by atoms with Crippen molar-refractivity contribution in [3.05, 3.63) is 29.8 Å². The summed E-state index contributed by atoms with van der Waals surface area (Å²) in [7, 11) is 0. The van der Waals surface area contributed by atoms with Crippen molar-refractivity contribution < 1.29 is 14.6 Å². The second kappa shape index (κ2) is 14.6. The minimum absolute atomic E-state index is 0.0174. The summed E-state index contributed by atoms with van der Waals surface area (Å²) in [6.07, 6.45) is 15.7. The van der Waals surface area contributed by atoms with E-state index in [1.807, 2.05) is 0 Å².